The van der Waals surface area contributed by atoms with E-state index in [1.54, 1.807) is 13.2 Å². The molecule has 0 saturated heterocycles. The molecule has 0 aliphatic rings. The first kappa shape index (κ1) is 15.1. The van der Waals surface area contributed by atoms with Crippen LogP contribution in [0.25, 0.3) is 0 Å². The first-order valence-corrected chi connectivity index (χ1v) is 7.68. The van der Waals surface area contributed by atoms with E-state index in [1.165, 1.54) is 6.07 Å². The number of rotatable bonds is 4. The molecule has 1 amide bonds. The van der Waals surface area contributed by atoms with Crippen LogP contribution in [0.1, 0.15) is 17.3 Å². The van der Waals surface area contributed by atoms with Gasteiger partial charge in [0.25, 0.3) is 5.91 Å². The lowest BCUT2D eigenvalue weighted by atomic mass is 10.1. The minimum absolute atomic E-state index is 0.0879. The largest absolute Gasteiger partial charge is 0.396 e. The molecular formula is C11H14BrFN2O2S. The van der Waals surface area contributed by atoms with E-state index in [0.717, 1.165) is 6.07 Å². The van der Waals surface area contributed by atoms with Crippen LogP contribution in [0.15, 0.2) is 16.6 Å². The van der Waals surface area contributed by atoms with Crippen molar-refractivity contribution in [3.8, 4) is 0 Å². The van der Waals surface area contributed by atoms with Gasteiger partial charge in [-0.15, -0.1) is 0 Å². The maximum absolute atomic E-state index is 13.1. The van der Waals surface area contributed by atoms with Crippen molar-refractivity contribution in [2.24, 2.45) is 0 Å². The lowest BCUT2D eigenvalue weighted by Crippen LogP contribution is -2.36. The molecule has 18 heavy (non-hydrogen) atoms. The molecule has 3 N–H and O–H groups in total. The Kier molecular flexibility index (Phi) is 5.28. The Morgan fingerprint density at radius 3 is 2.78 bits per heavy atom. The van der Waals surface area contributed by atoms with Crippen LogP contribution >= 0.6 is 15.9 Å². The summed E-state index contributed by atoms with van der Waals surface area (Å²) < 4.78 is 24.5. The second-order valence-corrected chi connectivity index (χ2v) is 6.30. The fourth-order valence-electron chi connectivity index (χ4n) is 1.44. The zero-order valence-corrected chi connectivity index (χ0v) is 12.4. The third-order valence-electron chi connectivity index (χ3n) is 2.19. The fraction of sp³-hybridized carbons (Fsp3) is 0.364. The molecule has 0 aromatic heterocycles. The molecule has 4 nitrogen and oxygen atoms in total. The molecule has 1 aromatic carbocycles. The number of nitrogen functional groups attached to an aromatic ring is 1. The molecular weight excluding hydrogens is 323 g/mol. The van der Waals surface area contributed by atoms with Crippen molar-refractivity contribution in [3.05, 3.63) is 28.0 Å². The quantitative estimate of drug-likeness (QED) is 0.821. The number of hydrogen-bond donors (Lipinski definition) is 2. The van der Waals surface area contributed by atoms with E-state index in [9.17, 15) is 13.4 Å². The van der Waals surface area contributed by atoms with Crippen LogP contribution in [0.5, 0.6) is 0 Å². The van der Waals surface area contributed by atoms with Crippen molar-refractivity contribution in [1.82, 2.24) is 5.32 Å². The van der Waals surface area contributed by atoms with Gasteiger partial charge in [-0.05, 0) is 35.0 Å². The lowest BCUT2D eigenvalue weighted by molar-refractivity contribution is 0.0943. The Hall–Kier alpha value is -0.950. The number of nitrogens with one attached hydrogen (secondary N) is 1. The molecule has 0 spiro atoms. The van der Waals surface area contributed by atoms with Crippen LogP contribution < -0.4 is 11.1 Å². The Morgan fingerprint density at radius 2 is 2.22 bits per heavy atom. The first-order valence-electron chi connectivity index (χ1n) is 5.16. The van der Waals surface area contributed by atoms with Crippen LogP contribution in [0, 0.1) is 5.82 Å². The van der Waals surface area contributed by atoms with E-state index >= 15 is 0 Å². The lowest BCUT2D eigenvalue weighted by Gasteiger charge is -2.13. The third-order valence-corrected chi connectivity index (χ3v) is 3.82. The second kappa shape index (κ2) is 6.29. The van der Waals surface area contributed by atoms with Gasteiger partial charge in [0.1, 0.15) is 5.82 Å². The smallest absolute Gasteiger partial charge is 0.252 e. The highest BCUT2D eigenvalue weighted by atomic mass is 79.9. The number of nitrogens with two attached hydrogens (primary N) is 1. The maximum Gasteiger partial charge on any atom is 0.252 e. The van der Waals surface area contributed by atoms with Crippen LogP contribution in [0.2, 0.25) is 0 Å². The van der Waals surface area contributed by atoms with Gasteiger partial charge in [-0.2, -0.15) is 0 Å². The van der Waals surface area contributed by atoms with E-state index in [2.05, 4.69) is 21.2 Å². The SMILES string of the molecule is CC(CS(C)=O)NC(=O)c1cc(N)c(F)cc1Br. The number of carbonyl (C=O) groups is 1. The van der Waals surface area contributed by atoms with Crippen molar-refractivity contribution in [2.45, 2.75) is 13.0 Å². The predicted molar refractivity (Wildman–Crippen MR) is 74.4 cm³/mol. The molecule has 0 saturated carbocycles. The van der Waals surface area contributed by atoms with Crippen molar-refractivity contribution >= 4 is 38.3 Å². The number of amides is 1. The van der Waals surface area contributed by atoms with Crippen LogP contribution in [0.3, 0.4) is 0 Å². The van der Waals surface area contributed by atoms with Gasteiger partial charge in [0, 0.05) is 33.3 Å². The molecule has 1 aromatic rings. The number of hydrogen-bond acceptors (Lipinski definition) is 3. The van der Waals surface area contributed by atoms with Gasteiger partial charge in [0.05, 0.1) is 11.3 Å². The molecule has 0 bridgehead atoms. The van der Waals surface area contributed by atoms with Crippen LogP contribution in [-0.2, 0) is 10.8 Å². The van der Waals surface area contributed by atoms with E-state index in [-0.39, 0.29) is 23.2 Å². The Bertz CT molecular complexity index is 496. The van der Waals surface area contributed by atoms with Gasteiger partial charge < -0.3 is 11.1 Å². The maximum atomic E-state index is 13.1. The molecule has 100 valence electrons. The zero-order chi connectivity index (χ0) is 13.9. The third kappa shape index (κ3) is 4.06. The summed E-state index contributed by atoms with van der Waals surface area (Å²) in [4.78, 5) is 11.9. The van der Waals surface area contributed by atoms with Gasteiger partial charge >= 0.3 is 0 Å². The van der Waals surface area contributed by atoms with Crippen LogP contribution in [0.4, 0.5) is 10.1 Å². The average molecular weight is 337 g/mol. The Balaban J connectivity index is 2.85. The fourth-order valence-corrected chi connectivity index (χ4v) is 2.72. The summed E-state index contributed by atoms with van der Waals surface area (Å²) in [5, 5.41) is 2.68. The normalized spacial score (nSPS) is 14.0. The Labute approximate surface area is 116 Å². The molecule has 0 radical (unpaired) electrons. The standard InChI is InChI=1S/C11H14BrFN2O2S/c1-6(5-18(2)17)15-11(16)7-3-10(14)9(13)4-8(7)12/h3-4,6H,5,14H2,1-2H3,(H,15,16). The minimum atomic E-state index is -0.993. The highest BCUT2D eigenvalue weighted by molar-refractivity contribution is 9.10. The molecule has 7 heteroatoms. The highest BCUT2D eigenvalue weighted by Crippen LogP contribution is 2.22. The minimum Gasteiger partial charge on any atom is -0.396 e. The summed E-state index contributed by atoms with van der Waals surface area (Å²) in [6, 6.07) is 2.18. The summed E-state index contributed by atoms with van der Waals surface area (Å²) in [7, 11) is -0.993. The first-order chi connectivity index (χ1) is 8.31. The van der Waals surface area contributed by atoms with Gasteiger partial charge in [-0.3, -0.25) is 9.00 Å². The Morgan fingerprint density at radius 1 is 1.61 bits per heavy atom. The number of carbonyl (C=O) groups excluding carboxylic acids is 1. The van der Waals surface area contributed by atoms with Gasteiger partial charge in [-0.1, -0.05) is 0 Å². The molecule has 1 rings (SSSR count). The van der Waals surface area contributed by atoms with E-state index in [4.69, 9.17) is 5.73 Å². The monoisotopic (exact) mass is 336 g/mol. The van der Waals surface area contributed by atoms with Crippen molar-refractivity contribution in [3.63, 3.8) is 0 Å². The van der Waals surface area contributed by atoms with E-state index < -0.39 is 16.6 Å². The predicted octanol–water partition coefficient (Wildman–Crippen LogP) is 1.67. The molecule has 0 aliphatic heterocycles. The average Bonchev–Trinajstić information content (AvgIpc) is 2.21. The molecule has 0 fully saturated rings. The number of halogens is 2. The van der Waals surface area contributed by atoms with Gasteiger partial charge in [-0.25, -0.2) is 4.39 Å². The topological polar surface area (TPSA) is 72.2 Å². The second-order valence-electron chi connectivity index (χ2n) is 3.97. The zero-order valence-electron chi connectivity index (χ0n) is 10.00. The molecule has 0 aliphatic carbocycles. The number of anilines is 1. The van der Waals surface area contributed by atoms with Crippen LogP contribution in [-0.4, -0.2) is 28.2 Å². The van der Waals surface area contributed by atoms with Crippen molar-refractivity contribution in [1.29, 1.82) is 0 Å². The number of benzene rings is 1. The van der Waals surface area contributed by atoms with Crippen molar-refractivity contribution in [2.75, 3.05) is 17.7 Å². The summed E-state index contributed by atoms with van der Waals surface area (Å²) in [6.07, 6.45) is 1.56. The summed E-state index contributed by atoms with van der Waals surface area (Å²) >= 11 is 3.11. The van der Waals surface area contributed by atoms with Gasteiger partial charge in [0.15, 0.2) is 0 Å². The van der Waals surface area contributed by atoms with Gasteiger partial charge in [0.2, 0.25) is 0 Å². The highest BCUT2D eigenvalue weighted by Gasteiger charge is 2.15. The molecule has 2 atom stereocenters. The van der Waals surface area contributed by atoms with E-state index in [0.29, 0.717) is 10.2 Å². The van der Waals surface area contributed by atoms with E-state index in [1.807, 2.05) is 0 Å². The molecule has 2 unspecified atom stereocenters. The van der Waals surface area contributed by atoms with Crippen molar-refractivity contribution < 1.29 is 13.4 Å². The summed E-state index contributed by atoms with van der Waals surface area (Å²) in [6.45, 7) is 1.75. The summed E-state index contributed by atoms with van der Waals surface area (Å²) in [5.74, 6) is -0.604. The molecule has 0 heterocycles. The summed E-state index contributed by atoms with van der Waals surface area (Å²) in [5.41, 5.74) is 5.58.